The number of hydrogen-bond donors (Lipinski definition) is 1. The molecule has 0 aliphatic heterocycles. The van der Waals surface area contributed by atoms with Gasteiger partial charge in [-0.15, -0.1) is 0 Å². The third-order valence-corrected chi connectivity index (χ3v) is 1.85. The fourth-order valence-electron chi connectivity index (χ4n) is 1.26. The van der Waals surface area contributed by atoms with Crippen molar-refractivity contribution in [2.45, 2.75) is 0 Å². The first-order valence-electron chi connectivity index (χ1n) is 3.78. The van der Waals surface area contributed by atoms with E-state index in [9.17, 15) is 0 Å². The quantitative estimate of drug-likeness (QED) is 0.680. The third kappa shape index (κ3) is 0.845. The van der Waals surface area contributed by atoms with Crippen LogP contribution >= 0.6 is 0 Å². The van der Waals surface area contributed by atoms with E-state index in [1.807, 2.05) is 30.9 Å². The lowest BCUT2D eigenvalue weighted by Gasteiger charge is -1.90. The zero-order chi connectivity index (χ0) is 8.55. The molecular weight excluding hydrogens is 152 g/mol. The Morgan fingerprint density at radius 2 is 2.33 bits per heavy atom. The number of nitrogens with zero attached hydrogens (tertiary/aromatic N) is 3. The van der Waals surface area contributed by atoms with Gasteiger partial charge < -0.3 is 5.32 Å². The molecule has 0 aliphatic carbocycles. The van der Waals surface area contributed by atoms with Gasteiger partial charge in [0.15, 0.2) is 5.82 Å². The first-order chi connectivity index (χ1) is 5.83. The average molecular weight is 162 g/mol. The van der Waals surface area contributed by atoms with Crippen LogP contribution in [0.4, 0.5) is 5.82 Å². The molecule has 0 bridgehead atoms. The van der Waals surface area contributed by atoms with Crippen molar-refractivity contribution in [3.8, 4) is 0 Å². The van der Waals surface area contributed by atoms with Crippen molar-refractivity contribution >= 4 is 16.9 Å². The van der Waals surface area contributed by atoms with Gasteiger partial charge in [-0.1, -0.05) is 0 Å². The lowest BCUT2D eigenvalue weighted by atomic mass is 10.4. The van der Waals surface area contributed by atoms with E-state index in [1.54, 1.807) is 6.20 Å². The van der Waals surface area contributed by atoms with Gasteiger partial charge in [-0.25, -0.2) is 0 Å². The van der Waals surface area contributed by atoms with Crippen molar-refractivity contribution in [3.63, 3.8) is 0 Å². The SMILES string of the molecule is CNc1nn(C)c2cccnc12. The van der Waals surface area contributed by atoms with Crippen LogP contribution in [-0.2, 0) is 7.05 Å². The van der Waals surface area contributed by atoms with Crippen molar-refractivity contribution < 1.29 is 0 Å². The van der Waals surface area contributed by atoms with Gasteiger partial charge in [0.05, 0.1) is 5.52 Å². The second-order valence-corrected chi connectivity index (χ2v) is 2.59. The maximum Gasteiger partial charge on any atom is 0.174 e. The Bertz CT molecular complexity index is 404. The average Bonchev–Trinajstić information content (AvgIpc) is 2.44. The van der Waals surface area contributed by atoms with Crippen LogP contribution in [0.5, 0.6) is 0 Å². The van der Waals surface area contributed by atoms with E-state index >= 15 is 0 Å². The van der Waals surface area contributed by atoms with E-state index in [4.69, 9.17) is 0 Å². The molecule has 2 aromatic heterocycles. The van der Waals surface area contributed by atoms with Crippen LogP contribution in [0.1, 0.15) is 0 Å². The molecule has 0 amide bonds. The molecule has 12 heavy (non-hydrogen) atoms. The monoisotopic (exact) mass is 162 g/mol. The topological polar surface area (TPSA) is 42.7 Å². The Morgan fingerprint density at radius 3 is 3.08 bits per heavy atom. The molecule has 62 valence electrons. The molecule has 0 atom stereocenters. The molecule has 0 fully saturated rings. The van der Waals surface area contributed by atoms with E-state index in [2.05, 4.69) is 15.4 Å². The zero-order valence-corrected chi connectivity index (χ0v) is 7.07. The number of hydrogen-bond acceptors (Lipinski definition) is 3. The first kappa shape index (κ1) is 7.09. The van der Waals surface area contributed by atoms with E-state index in [-0.39, 0.29) is 0 Å². The number of anilines is 1. The number of aryl methyl sites for hydroxylation is 1. The van der Waals surface area contributed by atoms with Crippen molar-refractivity contribution in [2.75, 3.05) is 12.4 Å². The van der Waals surface area contributed by atoms with Gasteiger partial charge in [-0.2, -0.15) is 5.10 Å². The highest BCUT2D eigenvalue weighted by Crippen LogP contribution is 2.17. The number of nitrogens with one attached hydrogen (secondary N) is 1. The maximum absolute atomic E-state index is 4.25. The Hall–Kier alpha value is -1.58. The smallest absolute Gasteiger partial charge is 0.174 e. The van der Waals surface area contributed by atoms with E-state index in [0.717, 1.165) is 16.9 Å². The summed E-state index contributed by atoms with van der Waals surface area (Å²) in [5.41, 5.74) is 1.96. The molecule has 0 unspecified atom stereocenters. The summed E-state index contributed by atoms with van der Waals surface area (Å²) in [7, 11) is 3.75. The molecule has 0 saturated carbocycles. The van der Waals surface area contributed by atoms with Gasteiger partial charge >= 0.3 is 0 Å². The van der Waals surface area contributed by atoms with Crippen LogP contribution < -0.4 is 5.32 Å². The molecule has 2 heterocycles. The predicted octanol–water partition coefficient (Wildman–Crippen LogP) is 1.01. The summed E-state index contributed by atoms with van der Waals surface area (Å²) >= 11 is 0. The van der Waals surface area contributed by atoms with Crippen molar-refractivity contribution in [2.24, 2.45) is 7.05 Å². The second-order valence-electron chi connectivity index (χ2n) is 2.59. The maximum atomic E-state index is 4.25. The number of fused-ring (bicyclic) bond motifs is 1. The molecule has 0 spiro atoms. The summed E-state index contributed by atoms with van der Waals surface area (Å²) in [4.78, 5) is 4.23. The molecule has 1 N–H and O–H groups in total. The molecule has 2 aromatic rings. The molecule has 2 rings (SSSR count). The third-order valence-electron chi connectivity index (χ3n) is 1.85. The highest BCUT2D eigenvalue weighted by molar-refractivity contribution is 5.85. The van der Waals surface area contributed by atoms with Crippen molar-refractivity contribution in [3.05, 3.63) is 18.3 Å². The normalized spacial score (nSPS) is 10.5. The zero-order valence-electron chi connectivity index (χ0n) is 7.07. The van der Waals surface area contributed by atoms with Gasteiger partial charge in [0.2, 0.25) is 0 Å². The van der Waals surface area contributed by atoms with E-state index < -0.39 is 0 Å². The van der Waals surface area contributed by atoms with Gasteiger partial charge in [0.1, 0.15) is 5.52 Å². The highest BCUT2D eigenvalue weighted by Gasteiger charge is 2.05. The molecule has 0 radical (unpaired) electrons. The number of rotatable bonds is 1. The van der Waals surface area contributed by atoms with Gasteiger partial charge in [-0.3, -0.25) is 9.67 Å². The molecule has 4 heteroatoms. The summed E-state index contributed by atoms with van der Waals surface area (Å²) in [6.45, 7) is 0. The number of aromatic nitrogens is 3. The molecule has 0 saturated heterocycles. The minimum Gasteiger partial charge on any atom is -0.370 e. The Balaban J connectivity index is 2.82. The van der Waals surface area contributed by atoms with Gasteiger partial charge in [-0.05, 0) is 12.1 Å². The summed E-state index contributed by atoms with van der Waals surface area (Å²) in [5.74, 6) is 0.827. The van der Waals surface area contributed by atoms with Crippen molar-refractivity contribution in [1.82, 2.24) is 14.8 Å². The molecular formula is C8H10N4. The van der Waals surface area contributed by atoms with Crippen LogP contribution in [-0.4, -0.2) is 21.8 Å². The fourth-order valence-corrected chi connectivity index (χ4v) is 1.26. The second kappa shape index (κ2) is 2.48. The van der Waals surface area contributed by atoms with E-state index in [1.165, 1.54) is 0 Å². The lowest BCUT2D eigenvalue weighted by Crippen LogP contribution is -1.92. The minimum atomic E-state index is 0.827. The van der Waals surface area contributed by atoms with Gasteiger partial charge in [0, 0.05) is 20.3 Å². The number of pyridine rings is 1. The lowest BCUT2D eigenvalue weighted by molar-refractivity contribution is 0.800. The Labute approximate surface area is 70.2 Å². The molecule has 4 nitrogen and oxygen atoms in total. The largest absolute Gasteiger partial charge is 0.370 e. The fraction of sp³-hybridized carbons (Fsp3) is 0.250. The summed E-state index contributed by atoms with van der Waals surface area (Å²) < 4.78 is 1.81. The Kier molecular flexibility index (Phi) is 1.46. The van der Waals surface area contributed by atoms with Crippen LogP contribution in [0.3, 0.4) is 0 Å². The van der Waals surface area contributed by atoms with Crippen LogP contribution in [0.2, 0.25) is 0 Å². The highest BCUT2D eigenvalue weighted by atomic mass is 15.3. The summed E-state index contributed by atoms with van der Waals surface area (Å²) in [5, 5.41) is 7.25. The summed E-state index contributed by atoms with van der Waals surface area (Å²) in [6, 6.07) is 3.90. The first-order valence-corrected chi connectivity index (χ1v) is 3.78. The summed E-state index contributed by atoms with van der Waals surface area (Å²) in [6.07, 6.45) is 1.77. The van der Waals surface area contributed by atoms with Gasteiger partial charge in [0.25, 0.3) is 0 Å². The van der Waals surface area contributed by atoms with Crippen LogP contribution in [0.25, 0.3) is 11.0 Å². The minimum absolute atomic E-state index is 0.827. The van der Waals surface area contributed by atoms with E-state index in [0.29, 0.717) is 0 Å². The Morgan fingerprint density at radius 1 is 1.50 bits per heavy atom. The predicted molar refractivity (Wildman–Crippen MR) is 48.1 cm³/mol. The van der Waals surface area contributed by atoms with Crippen LogP contribution in [0.15, 0.2) is 18.3 Å². The van der Waals surface area contributed by atoms with Crippen molar-refractivity contribution in [1.29, 1.82) is 0 Å². The molecule has 0 aromatic carbocycles. The van der Waals surface area contributed by atoms with Crippen LogP contribution in [0, 0.1) is 0 Å². The molecule has 0 aliphatic rings. The standard InChI is InChI=1S/C8H10N4/c1-9-8-7-6(12(2)11-8)4-3-5-10-7/h3-5H,1-2H3,(H,9,11).